The number of hydrogen-bond acceptors (Lipinski definition) is 4. The molecule has 2 atom stereocenters. The van der Waals surface area contributed by atoms with Gasteiger partial charge in [-0.3, -0.25) is 4.90 Å². The second-order valence-electron chi connectivity index (χ2n) is 5.62. The highest BCUT2D eigenvalue weighted by Gasteiger charge is 2.24. The maximum atomic E-state index is 9.75. The number of aromatic nitrogens is 1. The lowest BCUT2D eigenvalue weighted by molar-refractivity contribution is 0.0312. The number of benzene rings is 1. The summed E-state index contributed by atoms with van der Waals surface area (Å²) in [5, 5.41) is 13.9. The highest BCUT2D eigenvalue weighted by molar-refractivity contribution is 5.56. The number of piperidine rings is 1. The quantitative estimate of drug-likeness (QED) is 0.933. The molecule has 1 saturated heterocycles. The molecule has 0 saturated carbocycles. The van der Waals surface area contributed by atoms with Gasteiger partial charge in [0.25, 0.3) is 0 Å². The average molecular weight is 272 g/mol. The van der Waals surface area contributed by atoms with Crippen molar-refractivity contribution in [2.45, 2.75) is 26.0 Å². The molecule has 2 aromatic rings. The Labute approximate surface area is 119 Å². The van der Waals surface area contributed by atoms with Crippen molar-refractivity contribution >= 4 is 0 Å². The predicted octanol–water partition coefficient (Wildman–Crippen LogP) is 2.54. The van der Waals surface area contributed by atoms with Crippen LogP contribution in [0.5, 0.6) is 0 Å². The van der Waals surface area contributed by atoms with E-state index in [9.17, 15) is 5.11 Å². The maximum Gasteiger partial charge on any atom is 0.167 e. The van der Waals surface area contributed by atoms with Gasteiger partial charge in [0.15, 0.2) is 5.76 Å². The summed E-state index contributed by atoms with van der Waals surface area (Å²) in [5.41, 5.74) is 2.00. The number of aliphatic hydroxyl groups excluding tert-OH is 1. The molecule has 2 heterocycles. The third-order valence-electron chi connectivity index (χ3n) is 3.95. The summed E-state index contributed by atoms with van der Waals surface area (Å²) in [6.07, 6.45) is 0.674. The molecular formula is C16H20N2O2. The number of likely N-dealkylation sites (tertiary alicyclic amines) is 1. The van der Waals surface area contributed by atoms with Crippen molar-refractivity contribution in [2.24, 2.45) is 5.92 Å². The summed E-state index contributed by atoms with van der Waals surface area (Å²) < 4.78 is 5.41. The van der Waals surface area contributed by atoms with Crippen LogP contribution in [-0.2, 0) is 6.54 Å². The zero-order chi connectivity index (χ0) is 13.9. The summed E-state index contributed by atoms with van der Waals surface area (Å²) in [4.78, 5) is 2.32. The molecule has 0 aliphatic carbocycles. The number of nitrogens with zero attached hydrogens (tertiary/aromatic N) is 2. The van der Waals surface area contributed by atoms with E-state index in [1.807, 2.05) is 36.4 Å². The van der Waals surface area contributed by atoms with Crippen LogP contribution < -0.4 is 0 Å². The minimum Gasteiger partial charge on any atom is -0.393 e. The molecule has 1 N–H and O–H groups in total. The molecule has 1 aliphatic heterocycles. The zero-order valence-corrected chi connectivity index (χ0v) is 11.7. The van der Waals surface area contributed by atoms with E-state index in [1.165, 1.54) is 0 Å². The van der Waals surface area contributed by atoms with Crippen LogP contribution in [0.1, 0.15) is 19.0 Å². The van der Waals surface area contributed by atoms with E-state index in [0.717, 1.165) is 43.1 Å². The monoisotopic (exact) mass is 272 g/mol. The van der Waals surface area contributed by atoms with E-state index < -0.39 is 0 Å². The van der Waals surface area contributed by atoms with Crippen molar-refractivity contribution in [1.82, 2.24) is 10.1 Å². The van der Waals surface area contributed by atoms with Crippen LogP contribution in [0.15, 0.2) is 40.9 Å². The Hall–Kier alpha value is -1.65. The van der Waals surface area contributed by atoms with Crippen LogP contribution in [-0.4, -0.2) is 34.4 Å². The molecule has 106 valence electrons. The van der Waals surface area contributed by atoms with Crippen molar-refractivity contribution in [3.63, 3.8) is 0 Å². The van der Waals surface area contributed by atoms with Crippen molar-refractivity contribution in [3.8, 4) is 11.3 Å². The number of aliphatic hydroxyl groups is 1. The van der Waals surface area contributed by atoms with Crippen LogP contribution in [0.4, 0.5) is 0 Å². The minimum atomic E-state index is -0.163. The molecule has 0 bridgehead atoms. The van der Waals surface area contributed by atoms with Crippen LogP contribution in [0.3, 0.4) is 0 Å². The number of rotatable bonds is 3. The molecule has 3 rings (SSSR count). The Morgan fingerprint density at radius 1 is 1.35 bits per heavy atom. The van der Waals surface area contributed by atoms with Crippen LogP contribution >= 0.6 is 0 Å². The average Bonchev–Trinajstić information content (AvgIpc) is 2.92. The second kappa shape index (κ2) is 5.77. The standard InChI is InChI=1S/C16H20N2O2/c1-12-10-18(8-7-15(12)19)11-14-9-16(20-17-14)13-5-3-2-4-6-13/h2-6,9,12,15,19H,7-8,10-11H2,1H3. The topological polar surface area (TPSA) is 49.5 Å². The summed E-state index contributed by atoms with van der Waals surface area (Å²) in [6, 6.07) is 12.0. The Morgan fingerprint density at radius 2 is 2.15 bits per heavy atom. The molecule has 20 heavy (non-hydrogen) atoms. The van der Waals surface area contributed by atoms with Gasteiger partial charge in [-0.1, -0.05) is 42.4 Å². The first-order valence-corrected chi connectivity index (χ1v) is 7.14. The fraction of sp³-hybridized carbons (Fsp3) is 0.438. The summed E-state index contributed by atoms with van der Waals surface area (Å²) in [6.45, 7) is 4.70. The predicted molar refractivity (Wildman–Crippen MR) is 77.0 cm³/mol. The van der Waals surface area contributed by atoms with Gasteiger partial charge in [-0.25, -0.2) is 0 Å². The number of hydrogen-bond donors (Lipinski definition) is 1. The first kappa shape index (κ1) is 13.3. The van der Waals surface area contributed by atoms with E-state index >= 15 is 0 Å². The second-order valence-corrected chi connectivity index (χ2v) is 5.62. The van der Waals surface area contributed by atoms with Crippen LogP contribution in [0, 0.1) is 5.92 Å². The van der Waals surface area contributed by atoms with E-state index in [1.54, 1.807) is 0 Å². The third-order valence-corrected chi connectivity index (χ3v) is 3.95. The molecule has 0 spiro atoms. The first-order valence-electron chi connectivity index (χ1n) is 7.14. The fourth-order valence-electron chi connectivity index (χ4n) is 2.72. The van der Waals surface area contributed by atoms with Gasteiger partial charge in [0, 0.05) is 31.3 Å². The zero-order valence-electron chi connectivity index (χ0n) is 11.7. The lowest BCUT2D eigenvalue weighted by Gasteiger charge is -2.33. The lowest BCUT2D eigenvalue weighted by Crippen LogP contribution is -2.41. The molecule has 4 nitrogen and oxygen atoms in total. The van der Waals surface area contributed by atoms with Crippen molar-refractivity contribution in [3.05, 3.63) is 42.1 Å². The fourth-order valence-corrected chi connectivity index (χ4v) is 2.72. The Bertz CT molecular complexity index is 553. The SMILES string of the molecule is CC1CN(Cc2cc(-c3ccccc3)on2)CCC1O. The van der Waals surface area contributed by atoms with Gasteiger partial charge in [0.2, 0.25) is 0 Å². The van der Waals surface area contributed by atoms with Crippen molar-refractivity contribution in [2.75, 3.05) is 13.1 Å². The van der Waals surface area contributed by atoms with Gasteiger partial charge in [-0.2, -0.15) is 0 Å². The molecule has 1 fully saturated rings. The largest absolute Gasteiger partial charge is 0.393 e. The van der Waals surface area contributed by atoms with Gasteiger partial charge in [0.1, 0.15) is 0 Å². The van der Waals surface area contributed by atoms with E-state index in [2.05, 4.69) is 17.0 Å². The molecular weight excluding hydrogens is 252 g/mol. The lowest BCUT2D eigenvalue weighted by atomic mass is 9.97. The molecule has 2 unspecified atom stereocenters. The Morgan fingerprint density at radius 3 is 2.90 bits per heavy atom. The van der Waals surface area contributed by atoms with Gasteiger partial charge < -0.3 is 9.63 Å². The molecule has 4 heteroatoms. The minimum absolute atomic E-state index is 0.163. The first-order chi connectivity index (χ1) is 9.72. The molecule has 0 amide bonds. The van der Waals surface area contributed by atoms with Crippen molar-refractivity contribution in [1.29, 1.82) is 0 Å². The van der Waals surface area contributed by atoms with Crippen LogP contribution in [0.25, 0.3) is 11.3 Å². The van der Waals surface area contributed by atoms with Gasteiger partial charge in [-0.15, -0.1) is 0 Å². The molecule has 1 aromatic carbocycles. The van der Waals surface area contributed by atoms with E-state index in [4.69, 9.17) is 4.52 Å². The maximum absolute atomic E-state index is 9.75. The summed E-state index contributed by atoms with van der Waals surface area (Å²) in [7, 11) is 0. The smallest absolute Gasteiger partial charge is 0.167 e. The summed E-state index contributed by atoms with van der Waals surface area (Å²) in [5.74, 6) is 1.13. The Kier molecular flexibility index (Phi) is 3.85. The summed E-state index contributed by atoms with van der Waals surface area (Å²) >= 11 is 0. The molecule has 0 radical (unpaired) electrons. The highest BCUT2D eigenvalue weighted by atomic mass is 16.5. The molecule has 1 aliphatic rings. The highest BCUT2D eigenvalue weighted by Crippen LogP contribution is 2.22. The third kappa shape index (κ3) is 2.92. The normalized spacial score (nSPS) is 23.9. The van der Waals surface area contributed by atoms with Gasteiger partial charge in [-0.05, 0) is 12.3 Å². The van der Waals surface area contributed by atoms with E-state index in [-0.39, 0.29) is 6.10 Å². The van der Waals surface area contributed by atoms with Gasteiger partial charge in [0.05, 0.1) is 11.8 Å². The van der Waals surface area contributed by atoms with E-state index in [0.29, 0.717) is 5.92 Å². The van der Waals surface area contributed by atoms with Crippen molar-refractivity contribution < 1.29 is 9.63 Å². The van der Waals surface area contributed by atoms with Gasteiger partial charge >= 0.3 is 0 Å². The Balaban J connectivity index is 1.66. The molecule has 1 aromatic heterocycles. The van der Waals surface area contributed by atoms with Crippen LogP contribution in [0.2, 0.25) is 0 Å².